The minimum Gasteiger partial charge on any atom is -0.490 e. The van der Waals surface area contributed by atoms with Crippen LogP contribution in [0.3, 0.4) is 0 Å². The van der Waals surface area contributed by atoms with E-state index in [1.165, 1.54) is 7.11 Å². The molecule has 2 aliphatic rings. The Balaban J connectivity index is 1.46. The Kier molecular flexibility index (Phi) is 13.0. The summed E-state index contributed by atoms with van der Waals surface area (Å²) in [7, 11) is 1.53. The molecule has 1 aliphatic carbocycles. The number of hydrogen-bond donors (Lipinski definition) is 0. The molecule has 0 bridgehead atoms. The summed E-state index contributed by atoms with van der Waals surface area (Å²) in [4.78, 5) is 32.1. The number of carbonyl (C=O) groups is 2. The molecule has 0 radical (unpaired) electrons. The number of halogens is 2. The molecule has 3 aromatic rings. The van der Waals surface area contributed by atoms with Gasteiger partial charge in [0.2, 0.25) is 0 Å². The predicted molar refractivity (Wildman–Crippen MR) is 199 cm³/mol. The molecule has 0 unspecified atom stereocenters. The van der Waals surface area contributed by atoms with E-state index in [0.29, 0.717) is 47.5 Å². The normalized spacial score (nSPS) is 16.2. The second-order valence-corrected chi connectivity index (χ2v) is 14.7. The highest BCUT2D eigenvalue weighted by Gasteiger charge is 2.43. The highest BCUT2D eigenvalue weighted by atomic mass is 35.5. The van der Waals surface area contributed by atoms with Crippen LogP contribution in [0.15, 0.2) is 66.2 Å². The average Bonchev–Trinajstić information content (AvgIpc) is 3.93. The van der Waals surface area contributed by atoms with Crippen LogP contribution in [0.5, 0.6) is 11.5 Å². The fraction of sp³-hybridized carbons (Fsp3) is 0.450. The first-order valence-corrected chi connectivity index (χ1v) is 18.1. The topological polar surface area (TPSA) is 86.8 Å². The summed E-state index contributed by atoms with van der Waals surface area (Å²) in [5.41, 5.74) is 4.35. The molecule has 5 rings (SSSR count). The van der Waals surface area contributed by atoms with Gasteiger partial charge in [0.1, 0.15) is 37.1 Å². The first-order chi connectivity index (χ1) is 24.4. The second kappa shape index (κ2) is 17.2. The first kappa shape index (κ1) is 38.5. The standard InChI is InChI=1S/C40H48Cl2N2O7/c1-26-9-7-10-27(2)37(26)50-22-21-49-31-17-13-28(14-18-31)32-19-20-43(39(46)51-40(3,4)5)34(24-48-25-47-6)35(32)38(45)44(30-15-16-30)23-29-11-8-12-33(41)36(29)42/h7-14,17-18,30,34H,15-16,19-25H2,1-6H3/t34-/m1/s1. The van der Waals surface area contributed by atoms with Gasteiger partial charge in [0.25, 0.3) is 5.91 Å². The molecular weight excluding hydrogens is 691 g/mol. The monoisotopic (exact) mass is 738 g/mol. The van der Waals surface area contributed by atoms with E-state index < -0.39 is 17.7 Å². The van der Waals surface area contributed by atoms with Crippen LogP contribution < -0.4 is 9.47 Å². The molecule has 0 saturated heterocycles. The second-order valence-electron chi connectivity index (χ2n) is 13.9. The van der Waals surface area contributed by atoms with E-state index in [4.69, 9.17) is 46.9 Å². The van der Waals surface area contributed by atoms with Crippen molar-refractivity contribution in [3.05, 3.63) is 98.5 Å². The van der Waals surface area contributed by atoms with Gasteiger partial charge in [0.15, 0.2) is 0 Å². The highest BCUT2D eigenvalue weighted by molar-refractivity contribution is 6.42. The third-order valence-electron chi connectivity index (χ3n) is 8.80. The SMILES string of the molecule is COCOC[C@@H]1C(C(=O)N(Cc2cccc(Cl)c2Cl)C2CC2)=C(c2ccc(OCCOc3c(C)cccc3C)cc2)CCN1C(=O)OC(C)(C)C. The fourth-order valence-electron chi connectivity index (χ4n) is 6.25. The summed E-state index contributed by atoms with van der Waals surface area (Å²) >= 11 is 13.0. The predicted octanol–water partition coefficient (Wildman–Crippen LogP) is 8.64. The zero-order chi connectivity index (χ0) is 36.7. The molecule has 1 aliphatic heterocycles. The molecule has 0 N–H and O–H groups in total. The van der Waals surface area contributed by atoms with Gasteiger partial charge in [0.05, 0.1) is 22.7 Å². The third kappa shape index (κ3) is 9.98. The van der Waals surface area contributed by atoms with E-state index in [9.17, 15) is 9.59 Å². The van der Waals surface area contributed by atoms with Crippen molar-refractivity contribution < 1.29 is 33.3 Å². The van der Waals surface area contributed by atoms with Crippen molar-refractivity contribution in [3.63, 3.8) is 0 Å². The molecule has 51 heavy (non-hydrogen) atoms. The van der Waals surface area contributed by atoms with Crippen LogP contribution in [0.4, 0.5) is 4.79 Å². The molecule has 9 nitrogen and oxygen atoms in total. The lowest BCUT2D eigenvalue weighted by molar-refractivity contribution is -0.129. The minimum absolute atomic E-state index is 0.000909. The minimum atomic E-state index is -0.736. The molecule has 0 aromatic heterocycles. The summed E-state index contributed by atoms with van der Waals surface area (Å²) in [6.07, 6.45) is 1.65. The molecule has 1 atom stereocenters. The molecule has 274 valence electrons. The van der Waals surface area contributed by atoms with Crippen molar-refractivity contribution in [2.24, 2.45) is 0 Å². The smallest absolute Gasteiger partial charge is 0.410 e. The van der Waals surface area contributed by atoms with E-state index in [1.807, 2.05) is 94.1 Å². The average molecular weight is 740 g/mol. The van der Waals surface area contributed by atoms with Crippen LogP contribution >= 0.6 is 23.2 Å². The van der Waals surface area contributed by atoms with Gasteiger partial charge < -0.3 is 28.6 Å². The zero-order valence-electron chi connectivity index (χ0n) is 30.3. The molecule has 1 fully saturated rings. The summed E-state index contributed by atoms with van der Waals surface area (Å²) in [6, 6.07) is 18.5. The van der Waals surface area contributed by atoms with Crippen molar-refractivity contribution in [1.82, 2.24) is 9.80 Å². The number of amides is 2. The molecule has 1 saturated carbocycles. The number of para-hydroxylation sites is 1. The van der Waals surface area contributed by atoms with E-state index >= 15 is 0 Å². The number of methoxy groups -OCH3 is 1. The van der Waals surface area contributed by atoms with Crippen molar-refractivity contribution >= 4 is 40.8 Å². The van der Waals surface area contributed by atoms with E-state index in [-0.39, 0.29) is 31.9 Å². The quantitative estimate of drug-likeness (QED) is 0.121. The van der Waals surface area contributed by atoms with Gasteiger partial charge >= 0.3 is 6.09 Å². The van der Waals surface area contributed by atoms with Crippen LogP contribution in [0.25, 0.3) is 5.57 Å². The van der Waals surface area contributed by atoms with E-state index in [2.05, 4.69) is 0 Å². The number of carbonyl (C=O) groups excluding carboxylic acids is 2. The van der Waals surface area contributed by atoms with Crippen molar-refractivity contribution in [2.75, 3.05) is 40.3 Å². The van der Waals surface area contributed by atoms with Crippen molar-refractivity contribution in [2.45, 2.75) is 78.1 Å². The highest BCUT2D eigenvalue weighted by Crippen LogP contribution is 2.39. The Hall–Kier alpha value is -3.76. The Bertz CT molecular complexity index is 1700. The first-order valence-electron chi connectivity index (χ1n) is 17.3. The van der Waals surface area contributed by atoms with Gasteiger partial charge in [-0.25, -0.2) is 4.79 Å². The van der Waals surface area contributed by atoms with Crippen LogP contribution in [0.2, 0.25) is 10.0 Å². The van der Waals surface area contributed by atoms with E-state index in [1.54, 1.807) is 11.0 Å². The molecule has 0 spiro atoms. The van der Waals surface area contributed by atoms with E-state index in [0.717, 1.165) is 46.4 Å². The zero-order valence-corrected chi connectivity index (χ0v) is 31.8. The maximum atomic E-state index is 15.0. The van der Waals surface area contributed by atoms with Gasteiger partial charge in [-0.1, -0.05) is 65.7 Å². The maximum Gasteiger partial charge on any atom is 0.410 e. The lowest BCUT2D eigenvalue weighted by Gasteiger charge is -2.40. The number of ether oxygens (including phenoxy) is 5. The molecule has 11 heteroatoms. The van der Waals surface area contributed by atoms with Gasteiger partial charge in [-0.05, 0) is 99.9 Å². The maximum absolute atomic E-state index is 15.0. The lowest BCUT2D eigenvalue weighted by atomic mass is 9.87. The Labute approximate surface area is 311 Å². The summed E-state index contributed by atoms with van der Waals surface area (Å²) in [5, 5.41) is 0.844. The van der Waals surface area contributed by atoms with Crippen molar-refractivity contribution in [1.29, 1.82) is 0 Å². The Morgan fingerprint density at radius 1 is 0.922 bits per heavy atom. The van der Waals surface area contributed by atoms with Crippen LogP contribution in [-0.4, -0.2) is 79.8 Å². The van der Waals surface area contributed by atoms with Crippen molar-refractivity contribution in [3.8, 4) is 11.5 Å². The Morgan fingerprint density at radius 2 is 1.59 bits per heavy atom. The number of nitrogens with zero attached hydrogens (tertiary/aromatic N) is 2. The molecule has 3 aromatic carbocycles. The van der Waals surface area contributed by atoms with Gasteiger partial charge in [0, 0.05) is 31.8 Å². The number of benzene rings is 3. The van der Waals surface area contributed by atoms with Crippen LogP contribution in [0, 0.1) is 13.8 Å². The van der Waals surface area contributed by atoms with Gasteiger partial charge in [-0.15, -0.1) is 0 Å². The summed E-state index contributed by atoms with van der Waals surface area (Å²) in [6.45, 7) is 10.9. The molecule has 2 amide bonds. The van der Waals surface area contributed by atoms with Gasteiger partial charge in [-0.2, -0.15) is 0 Å². The Morgan fingerprint density at radius 3 is 2.24 bits per heavy atom. The largest absolute Gasteiger partial charge is 0.490 e. The molecule has 1 heterocycles. The third-order valence-corrected chi connectivity index (χ3v) is 9.66. The summed E-state index contributed by atoms with van der Waals surface area (Å²) < 4.78 is 28.9. The summed E-state index contributed by atoms with van der Waals surface area (Å²) in [5.74, 6) is 1.37. The molecular formula is C40H48Cl2N2O7. The van der Waals surface area contributed by atoms with Crippen LogP contribution in [0.1, 0.15) is 62.3 Å². The van der Waals surface area contributed by atoms with Crippen LogP contribution in [-0.2, 0) is 25.5 Å². The number of aryl methyl sites for hydroxylation is 2. The number of rotatable bonds is 14. The number of hydrogen-bond acceptors (Lipinski definition) is 7. The fourth-order valence-corrected chi connectivity index (χ4v) is 6.63. The van der Waals surface area contributed by atoms with Gasteiger partial charge in [-0.3, -0.25) is 9.69 Å². The lowest BCUT2D eigenvalue weighted by Crippen LogP contribution is -2.52.